The van der Waals surface area contributed by atoms with Gasteiger partial charge in [0.25, 0.3) is 22.7 Å². The monoisotopic (exact) mass is 596 g/mol. The molecule has 2 heterocycles. The Morgan fingerprint density at radius 3 is 2.39 bits per heavy atom. The van der Waals surface area contributed by atoms with Crippen molar-refractivity contribution >= 4 is 21.9 Å². The largest absolute Gasteiger partial charge is 0.569 e. The van der Waals surface area contributed by atoms with Crippen molar-refractivity contribution in [3.63, 3.8) is 0 Å². The first-order chi connectivity index (χ1) is 19.3. The maximum atomic E-state index is 13.4. The van der Waals surface area contributed by atoms with Crippen molar-refractivity contribution in [3.8, 4) is 16.9 Å². The molecule has 0 unspecified atom stereocenters. The highest BCUT2D eigenvalue weighted by atomic mass is 32.2. The van der Waals surface area contributed by atoms with Gasteiger partial charge in [0, 0.05) is 18.9 Å². The first kappa shape index (κ1) is 29.3. The molecule has 1 fully saturated rings. The van der Waals surface area contributed by atoms with E-state index in [-0.39, 0.29) is 34.2 Å². The number of hydrazine groups is 1. The zero-order chi connectivity index (χ0) is 29.9. The zero-order valence-electron chi connectivity index (χ0n) is 21.5. The lowest BCUT2D eigenvalue weighted by Gasteiger charge is -2.33. The summed E-state index contributed by atoms with van der Waals surface area (Å²) in [6.07, 6.45) is -4.57. The van der Waals surface area contributed by atoms with Gasteiger partial charge in [0.1, 0.15) is 0 Å². The number of rotatable bonds is 9. The van der Waals surface area contributed by atoms with E-state index in [9.17, 15) is 36.4 Å². The number of hydrogen-bond donors (Lipinski definition) is 1. The van der Waals surface area contributed by atoms with E-state index in [0.717, 1.165) is 40.4 Å². The molecule has 218 valence electrons. The van der Waals surface area contributed by atoms with Crippen LogP contribution in [0.25, 0.3) is 16.9 Å². The second-order valence-corrected chi connectivity index (χ2v) is 10.5. The van der Waals surface area contributed by atoms with E-state index < -0.39 is 46.6 Å². The minimum Gasteiger partial charge on any atom is -0.569 e. The van der Waals surface area contributed by atoms with E-state index in [1.807, 2.05) is 11.6 Å². The Hall–Kier alpha value is -4.67. The van der Waals surface area contributed by atoms with Crippen molar-refractivity contribution in [1.82, 2.24) is 19.5 Å². The van der Waals surface area contributed by atoms with Crippen molar-refractivity contribution in [2.45, 2.75) is 37.4 Å². The third kappa shape index (κ3) is 6.74. The number of amides is 1. The number of nitrogens with zero attached hydrogens (tertiary/aromatic N) is 5. The zero-order valence-corrected chi connectivity index (χ0v) is 22.3. The predicted molar refractivity (Wildman–Crippen MR) is 133 cm³/mol. The first-order valence-electron chi connectivity index (χ1n) is 11.9. The molecule has 2 aromatic carbocycles. The molecule has 0 saturated carbocycles. The Bertz CT molecular complexity index is 1570. The summed E-state index contributed by atoms with van der Waals surface area (Å²) in [5, 5.41) is 19.7. The molecule has 1 saturated heterocycles. The maximum Gasteiger partial charge on any atom is 0.435 e. The van der Waals surface area contributed by atoms with E-state index in [2.05, 4.69) is 20.0 Å². The van der Waals surface area contributed by atoms with Gasteiger partial charge in [0.05, 0.1) is 27.8 Å². The van der Waals surface area contributed by atoms with Gasteiger partial charge in [-0.1, -0.05) is 29.8 Å². The van der Waals surface area contributed by atoms with Gasteiger partial charge in [-0.05, 0) is 37.3 Å². The predicted octanol–water partition coefficient (Wildman–Crippen LogP) is 3.08. The lowest BCUT2D eigenvalue weighted by molar-refractivity contribution is -0.729. The summed E-state index contributed by atoms with van der Waals surface area (Å²) < 4.78 is 73.4. The molecule has 1 N–H and O–H groups in total. The number of sulfonamides is 1. The van der Waals surface area contributed by atoms with Crippen LogP contribution in [-0.4, -0.2) is 59.4 Å². The number of benzene rings is 2. The fraction of sp³-hybridized carbons (Fsp3) is 0.292. The fourth-order valence-corrected chi connectivity index (χ4v) is 4.76. The molecular weight excluding hydrogens is 573 g/mol. The van der Waals surface area contributed by atoms with E-state index in [4.69, 9.17) is 0 Å². The number of aryl methyl sites for hydroxylation is 1. The molecule has 4 rings (SSSR count). The Labute approximate surface area is 231 Å². The van der Waals surface area contributed by atoms with Crippen LogP contribution in [0.3, 0.4) is 0 Å². The number of ether oxygens (including phenoxy) is 1. The number of esters is 1. The Balaban J connectivity index is 1.50. The SMILES string of the molecule is CC(=O)OCON=[N+]([O-])N1CC[C@H]1C(=O)NS(=O)(=O)c1ccc(-n2nc(C(F)(F)F)cc2-c2ccc(C)cc2)cc1. The average Bonchev–Trinajstić information content (AvgIpc) is 3.32. The highest BCUT2D eigenvalue weighted by molar-refractivity contribution is 7.90. The number of hydrogen-bond acceptors (Lipinski definition) is 9. The van der Waals surface area contributed by atoms with Gasteiger partial charge in [0.2, 0.25) is 5.28 Å². The summed E-state index contributed by atoms with van der Waals surface area (Å²) in [4.78, 5) is 27.4. The van der Waals surface area contributed by atoms with Crippen LogP contribution in [0, 0.1) is 12.1 Å². The van der Waals surface area contributed by atoms with Gasteiger partial charge in [-0.25, -0.2) is 17.8 Å². The number of carbonyl (C=O) groups is 2. The van der Waals surface area contributed by atoms with Crippen LogP contribution in [0.4, 0.5) is 13.2 Å². The van der Waals surface area contributed by atoms with Crippen LogP contribution < -0.4 is 4.72 Å². The fourth-order valence-electron chi connectivity index (χ4n) is 3.75. The summed E-state index contributed by atoms with van der Waals surface area (Å²) in [5.74, 6) is -1.68. The molecule has 17 heteroatoms. The lowest BCUT2D eigenvalue weighted by atomic mass is 10.1. The summed E-state index contributed by atoms with van der Waals surface area (Å²) in [6.45, 7) is 2.39. The molecule has 1 aliphatic rings. The van der Waals surface area contributed by atoms with E-state index in [1.165, 1.54) is 12.1 Å². The third-order valence-corrected chi connectivity index (χ3v) is 7.29. The average molecular weight is 597 g/mol. The van der Waals surface area contributed by atoms with Gasteiger partial charge >= 0.3 is 12.1 Å². The summed E-state index contributed by atoms with van der Waals surface area (Å²) in [7, 11) is -4.42. The van der Waals surface area contributed by atoms with Crippen molar-refractivity contribution in [2.75, 3.05) is 13.3 Å². The molecular formula is C24H23F3N6O7S. The van der Waals surface area contributed by atoms with Gasteiger partial charge in [0.15, 0.2) is 11.7 Å². The first-order valence-corrected chi connectivity index (χ1v) is 13.4. The molecule has 13 nitrogen and oxygen atoms in total. The van der Waals surface area contributed by atoms with E-state index >= 15 is 0 Å². The topological polar surface area (TPSA) is 158 Å². The maximum absolute atomic E-state index is 13.4. The van der Waals surface area contributed by atoms with Crippen LogP contribution in [0.1, 0.15) is 24.6 Å². The molecule has 0 radical (unpaired) electrons. The molecule has 1 amide bonds. The van der Waals surface area contributed by atoms with Gasteiger partial charge in [-0.2, -0.15) is 18.3 Å². The van der Waals surface area contributed by atoms with Gasteiger partial charge in [-0.15, -0.1) is 5.01 Å². The van der Waals surface area contributed by atoms with Gasteiger partial charge < -0.3 is 14.8 Å². The Morgan fingerprint density at radius 1 is 1.17 bits per heavy atom. The minimum atomic E-state index is -4.71. The number of alkyl halides is 3. The second-order valence-electron chi connectivity index (χ2n) is 8.84. The Morgan fingerprint density at radius 2 is 1.83 bits per heavy atom. The number of nitrogens with one attached hydrogen (secondary N) is 1. The molecule has 1 atom stereocenters. The smallest absolute Gasteiger partial charge is 0.435 e. The normalized spacial score (nSPS) is 15.7. The van der Waals surface area contributed by atoms with Crippen molar-refractivity contribution < 1.29 is 45.7 Å². The number of aromatic nitrogens is 2. The van der Waals surface area contributed by atoms with E-state index in [1.54, 1.807) is 24.3 Å². The van der Waals surface area contributed by atoms with Crippen LogP contribution in [-0.2, 0) is 35.4 Å². The van der Waals surface area contributed by atoms with Crippen LogP contribution in [0.5, 0.6) is 0 Å². The Kier molecular flexibility index (Phi) is 8.18. The highest BCUT2D eigenvalue weighted by Gasteiger charge is 2.42. The summed E-state index contributed by atoms with van der Waals surface area (Å²) >= 11 is 0. The van der Waals surface area contributed by atoms with Crippen LogP contribution >= 0.6 is 0 Å². The van der Waals surface area contributed by atoms with Crippen LogP contribution in [0.2, 0.25) is 0 Å². The molecule has 0 spiro atoms. The molecule has 41 heavy (non-hydrogen) atoms. The molecule has 0 aliphatic carbocycles. The minimum absolute atomic E-state index is 0.0659. The van der Waals surface area contributed by atoms with Crippen molar-refractivity contribution in [3.05, 3.63) is 71.1 Å². The summed E-state index contributed by atoms with van der Waals surface area (Å²) in [5.41, 5.74) is 0.517. The van der Waals surface area contributed by atoms with Crippen LogP contribution in [0.15, 0.2) is 64.8 Å². The molecule has 1 aliphatic heterocycles. The molecule has 3 aromatic rings. The van der Waals surface area contributed by atoms with E-state index in [0.29, 0.717) is 5.56 Å². The highest BCUT2D eigenvalue weighted by Crippen LogP contribution is 2.33. The van der Waals surface area contributed by atoms with Gasteiger partial charge in [-0.3, -0.25) is 9.59 Å². The quantitative estimate of drug-likeness (QED) is 0.0979. The van der Waals surface area contributed by atoms with Crippen molar-refractivity contribution in [2.24, 2.45) is 5.28 Å². The second kappa shape index (κ2) is 11.4. The summed E-state index contributed by atoms with van der Waals surface area (Å²) in [6, 6.07) is 11.2. The number of halogens is 3. The lowest BCUT2D eigenvalue weighted by Crippen LogP contribution is -2.59. The third-order valence-electron chi connectivity index (χ3n) is 5.93. The number of carbonyl (C=O) groups excluding carboxylic acids is 2. The van der Waals surface area contributed by atoms with Crippen molar-refractivity contribution in [1.29, 1.82) is 0 Å². The molecule has 1 aromatic heterocycles. The standard InChI is InChI=1S/C24H23F3N6O7S/c1-15-3-5-17(6-4-15)21-13-22(24(25,26)27)28-32(21)18-7-9-19(10-8-18)41(37,38)29-23(35)20-11-12-31(20)33(36)30-40-14-39-16(2)34/h3-10,13,20H,11-12,14H2,1-2H3,(H,29,35)/t20-/m0/s1. The molecule has 0 bridgehead atoms.